The van der Waals surface area contributed by atoms with Crippen LogP contribution in [0.25, 0.3) is 297 Å². The van der Waals surface area contributed by atoms with Gasteiger partial charge in [0.2, 0.25) is 0 Å². The lowest BCUT2D eigenvalue weighted by molar-refractivity contribution is 0.669. The molecule has 11 heterocycles. The number of rotatable bonds is 9. The molecule has 11 aromatic heterocycles. The Morgan fingerprint density at radius 2 is 0.379 bits per heavy atom. The van der Waals surface area contributed by atoms with Gasteiger partial charge in [-0.3, -0.25) is 0 Å². The van der Waals surface area contributed by atoms with E-state index in [1.807, 2.05) is 66.7 Å². The van der Waals surface area contributed by atoms with Gasteiger partial charge in [-0.15, -0.1) is 0 Å². The molecule has 145 heavy (non-hydrogen) atoms. The van der Waals surface area contributed by atoms with Crippen LogP contribution in [0.2, 0.25) is 0 Å². The van der Waals surface area contributed by atoms with Crippen molar-refractivity contribution in [3.63, 3.8) is 0 Å². The van der Waals surface area contributed by atoms with E-state index in [1.54, 1.807) is 0 Å². The van der Waals surface area contributed by atoms with Gasteiger partial charge in [0.05, 0.1) is 150 Å². The summed E-state index contributed by atoms with van der Waals surface area (Å²) >= 11 is 0. The Kier molecular flexibility index (Phi) is 15.7. The maximum absolute atomic E-state index is 13.7. The van der Waals surface area contributed by atoms with E-state index in [2.05, 4.69) is 407 Å². The van der Waals surface area contributed by atoms with Gasteiger partial charge < -0.3 is 49.8 Å². The fourth-order valence-electron chi connectivity index (χ4n) is 25.4. The predicted octanol–water partition coefficient (Wildman–Crippen LogP) is 33.3. The minimum Gasteiger partial charge on any atom is -0.456 e. The Morgan fingerprint density at radius 1 is 0.152 bits per heavy atom. The summed E-state index contributed by atoms with van der Waals surface area (Å²) in [6.07, 6.45) is 0. The van der Waals surface area contributed by atoms with Crippen molar-refractivity contribution < 1.29 is 13.3 Å². The van der Waals surface area contributed by atoms with Crippen molar-refractivity contribution in [1.82, 2.24) is 36.5 Å². The van der Waals surface area contributed by atoms with E-state index in [1.165, 1.54) is 0 Å². The quantitative estimate of drug-likeness (QED) is 0.138. The normalized spacial score (nSPS) is 12.2. The van der Waals surface area contributed by atoms with Crippen LogP contribution < -0.4 is 0 Å². The number of aromatic nitrogens is 8. The fraction of sp³-hybridized carbons (Fsp3) is 0. The Balaban J connectivity index is 0.745. The molecule has 0 fully saturated rings. The van der Waals surface area contributed by atoms with E-state index >= 15 is 0 Å². The van der Waals surface area contributed by atoms with Crippen LogP contribution in [0.3, 0.4) is 0 Å². The molecule has 0 atom stereocenters. The van der Waals surface area contributed by atoms with Crippen LogP contribution in [0.1, 0.15) is 22.3 Å². The number of fused-ring (bicyclic) bond motifs is 36. The molecular formula is C130H68N12O3. The first-order chi connectivity index (χ1) is 71.9. The van der Waals surface area contributed by atoms with Crippen molar-refractivity contribution >= 4 is 240 Å². The highest BCUT2D eigenvalue weighted by atomic mass is 16.3. The van der Waals surface area contributed by atoms with Gasteiger partial charge in [-0.25, -0.2) is 0 Å². The van der Waals surface area contributed by atoms with Crippen LogP contribution in [0.4, 0.5) is 0 Å². The van der Waals surface area contributed by atoms with Gasteiger partial charge in [0.1, 0.15) is 80.0 Å². The second-order valence-electron chi connectivity index (χ2n) is 37.8. The zero-order valence-electron chi connectivity index (χ0n) is 76.9. The van der Waals surface area contributed by atoms with Crippen LogP contribution in [-0.4, -0.2) is 36.5 Å². The van der Waals surface area contributed by atoms with Crippen molar-refractivity contribution in [1.29, 1.82) is 21.0 Å². The summed E-state index contributed by atoms with van der Waals surface area (Å²) in [4.78, 5) is 0. The minimum absolute atomic E-state index is 0.230. The monoisotopic (exact) mass is 1840 g/mol. The van der Waals surface area contributed by atoms with E-state index in [0.717, 1.165) is 223 Å². The van der Waals surface area contributed by atoms with Gasteiger partial charge >= 0.3 is 0 Å². The molecule has 666 valence electrons. The maximum atomic E-state index is 13.7. The van der Waals surface area contributed by atoms with Gasteiger partial charge in [0, 0.05) is 102 Å². The summed E-state index contributed by atoms with van der Waals surface area (Å²) in [6.45, 7) is 0. The van der Waals surface area contributed by atoms with Crippen LogP contribution in [0, 0.1) is 45.3 Å². The van der Waals surface area contributed by atoms with Crippen LogP contribution >= 0.6 is 0 Å². The highest BCUT2D eigenvalue weighted by Gasteiger charge is 2.40. The highest BCUT2D eigenvalue weighted by Crippen LogP contribution is 2.57. The van der Waals surface area contributed by atoms with Gasteiger partial charge in [-0.1, -0.05) is 273 Å². The fourth-order valence-corrected chi connectivity index (χ4v) is 25.4. The molecule has 0 N–H and O–H groups in total. The first-order valence-electron chi connectivity index (χ1n) is 48.5. The number of para-hydroxylation sites is 14. The smallest absolute Gasteiger partial charge is 0.137 e. The first-order valence-corrected chi connectivity index (χ1v) is 48.5. The molecule has 32 rings (SSSR count). The largest absolute Gasteiger partial charge is 0.456 e. The maximum Gasteiger partial charge on any atom is 0.137 e. The van der Waals surface area contributed by atoms with E-state index in [0.29, 0.717) is 73.4 Å². The number of nitriles is 4. The summed E-state index contributed by atoms with van der Waals surface area (Å²) in [5.41, 5.74) is 24.1. The highest BCUT2D eigenvalue weighted by molar-refractivity contribution is 6.30. The molecule has 0 aliphatic rings. The van der Waals surface area contributed by atoms with Crippen molar-refractivity contribution in [3.8, 4) is 80.9 Å². The molecule has 0 amide bonds. The van der Waals surface area contributed by atoms with Gasteiger partial charge in [0.15, 0.2) is 0 Å². The summed E-state index contributed by atoms with van der Waals surface area (Å²) < 4.78 is 39.2. The Morgan fingerprint density at radius 3 is 0.697 bits per heavy atom. The molecule has 0 spiro atoms. The Labute approximate surface area is 821 Å². The van der Waals surface area contributed by atoms with Crippen molar-refractivity contribution in [2.24, 2.45) is 0 Å². The SMILES string of the molecule is N#Cc1c(-n2c3ccccc3c3ccccc32)c(C#N)c(-n2c3ccccc3c3c(-c4ccc5c(c4)c4ccccc4n5-c4c(C#N)c(-n5c6ccccc6c6ccc7oc8ccccc8c7c65)c(C#N)c(-n5c6ccccc6c6ccccc65)c4-n4c5ccccc5c5ccc6oc7ccccc7c6c54)cccc32)c(-n2c3ccccc3c3ccc4oc5ccccc5c4c32)c1-n1c2ccccc2c2ccccc21. The standard InChI is InChI=1S/C130H68N12O3/c131-69-93-120(135-97-45-15-1-30-75(97)76-31-2-16-46-98(76)135)94(70-132)128(130(125(93)136-99-47-17-3-32-77(99)78-33-4-18-48-100(78)136)142-106-54-24-9-38-83(106)87-63-67-115-119(124(87)142)91-43-14-28-59-112(91)145-115)139-107-55-25-11-40-88(107)116-74(44-29-56-109(116)139)73-60-64-108-92(68-73)84-39-10-21-51-103(84)138(108)127-96(72-134)121(140-104-52-22-7-36-81(104)85-61-65-113-117(122(85)140)89-41-12-26-57-110(89)143-113)95(71-133)126(137-101-49-19-5-34-79(101)80-35-6-20-50-102(80)137)129(127)141-105-53-23-8-37-82(105)86-62-66-114-118(123(86)141)90-42-13-27-58-111(90)144-114/h1-68H. The van der Waals surface area contributed by atoms with Crippen LogP contribution in [-0.2, 0) is 0 Å². The third kappa shape index (κ3) is 10.1. The zero-order valence-corrected chi connectivity index (χ0v) is 76.9. The van der Waals surface area contributed by atoms with Crippen molar-refractivity contribution in [2.45, 2.75) is 0 Å². The van der Waals surface area contributed by atoms with Crippen LogP contribution in [0.15, 0.2) is 426 Å². The molecule has 0 unspecified atom stereocenters. The predicted molar refractivity (Wildman–Crippen MR) is 587 cm³/mol. The van der Waals surface area contributed by atoms with Gasteiger partial charge in [0.25, 0.3) is 0 Å². The van der Waals surface area contributed by atoms with E-state index in [4.69, 9.17) is 13.3 Å². The number of hydrogen-bond donors (Lipinski definition) is 0. The molecule has 0 aliphatic heterocycles. The third-order valence-electron chi connectivity index (χ3n) is 31.0. The second-order valence-corrected chi connectivity index (χ2v) is 37.8. The molecule has 32 aromatic rings. The summed E-state index contributed by atoms with van der Waals surface area (Å²) in [7, 11) is 0. The van der Waals surface area contributed by atoms with E-state index in [-0.39, 0.29) is 22.3 Å². The molecule has 0 saturated heterocycles. The minimum atomic E-state index is 0.230. The number of benzene rings is 21. The first kappa shape index (κ1) is 78.4. The van der Waals surface area contributed by atoms with E-state index < -0.39 is 0 Å². The van der Waals surface area contributed by atoms with E-state index in [9.17, 15) is 21.0 Å². The number of hydrogen-bond acceptors (Lipinski definition) is 7. The lowest BCUT2D eigenvalue weighted by Crippen LogP contribution is -2.17. The Hall–Kier alpha value is -20.6. The summed E-state index contributed by atoms with van der Waals surface area (Å²) in [5.74, 6) is 0. The average Bonchev–Trinajstić information content (AvgIpc) is 1.53. The third-order valence-corrected chi connectivity index (χ3v) is 31.0. The number of nitrogens with zero attached hydrogens (tertiary/aromatic N) is 12. The Bertz CT molecular complexity index is 11600. The lowest BCUT2D eigenvalue weighted by Gasteiger charge is -2.27. The lowest BCUT2D eigenvalue weighted by atomic mass is 9.97. The molecule has 0 aliphatic carbocycles. The molecular weight excluding hydrogens is 1780 g/mol. The van der Waals surface area contributed by atoms with Gasteiger partial charge in [-0.05, 0) is 151 Å². The molecule has 15 heteroatoms. The molecule has 0 saturated carbocycles. The second kappa shape index (κ2) is 29.0. The summed E-state index contributed by atoms with van der Waals surface area (Å²) in [6, 6.07) is 156. The molecule has 15 nitrogen and oxygen atoms in total. The van der Waals surface area contributed by atoms with Crippen molar-refractivity contribution in [3.05, 3.63) is 435 Å². The zero-order chi connectivity index (χ0) is 95.1. The molecule has 21 aromatic carbocycles. The topological polar surface area (TPSA) is 174 Å². The van der Waals surface area contributed by atoms with Crippen molar-refractivity contribution in [2.75, 3.05) is 0 Å². The average molecular weight is 1850 g/mol. The number of furan rings is 3. The molecule has 0 bridgehead atoms. The summed E-state index contributed by atoms with van der Waals surface area (Å²) in [5, 5.41) is 74.3. The van der Waals surface area contributed by atoms with Gasteiger partial charge in [-0.2, -0.15) is 21.0 Å². The molecule has 0 radical (unpaired) electrons. The van der Waals surface area contributed by atoms with Crippen LogP contribution in [0.5, 0.6) is 0 Å².